The molecule has 0 bridgehead atoms. The molecule has 6 nitrogen and oxygen atoms in total. The monoisotopic (exact) mass is 252 g/mol. The Hall–Kier alpha value is -0.680. The van der Waals surface area contributed by atoms with E-state index in [1.54, 1.807) is 6.92 Å². The molecular weight excluding hydrogens is 235 g/mol. The van der Waals surface area contributed by atoms with Gasteiger partial charge in [0, 0.05) is 6.08 Å². The summed E-state index contributed by atoms with van der Waals surface area (Å²) < 4.78 is 19.5. The highest BCUT2D eigenvalue weighted by Gasteiger charge is 2.13. The van der Waals surface area contributed by atoms with Gasteiger partial charge in [0.15, 0.2) is 0 Å². The summed E-state index contributed by atoms with van der Waals surface area (Å²) in [5.74, 6) is -0.473. The van der Waals surface area contributed by atoms with Crippen LogP contribution in [0.5, 0.6) is 0 Å². The standard InChI is InChI=1S/C9H17O6P/c1-3-9(10)15-8(2)6-4-5-7-14-16(11,12)13/h3,8H,1,4-7H2,2H3,(H2,11,12,13). The van der Waals surface area contributed by atoms with E-state index in [0.717, 1.165) is 6.08 Å². The molecule has 0 aliphatic rings. The van der Waals surface area contributed by atoms with Crippen molar-refractivity contribution in [2.24, 2.45) is 0 Å². The first kappa shape index (κ1) is 15.3. The van der Waals surface area contributed by atoms with Crippen molar-refractivity contribution >= 4 is 13.8 Å². The Morgan fingerprint density at radius 2 is 2.12 bits per heavy atom. The topological polar surface area (TPSA) is 93.1 Å². The highest BCUT2D eigenvalue weighted by atomic mass is 31.2. The molecule has 0 aromatic carbocycles. The highest BCUT2D eigenvalue weighted by Crippen LogP contribution is 2.35. The lowest BCUT2D eigenvalue weighted by atomic mass is 10.2. The third-order valence-electron chi connectivity index (χ3n) is 1.75. The van der Waals surface area contributed by atoms with Crippen LogP contribution in [-0.2, 0) is 18.6 Å². The molecule has 0 radical (unpaired) electrons. The number of hydrogen-bond acceptors (Lipinski definition) is 4. The maximum atomic E-state index is 10.8. The Morgan fingerprint density at radius 1 is 1.50 bits per heavy atom. The Bertz CT molecular complexity index is 271. The predicted octanol–water partition coefficient (Wildman–Crippen LogP) is 1.38. The van der Waals surface area contributed by atoms with Gasteiger partial charge in [0.1, 0.15) is 0 Å². The van der Waals surface area contributed by atoms with Crippen molar-refractivity contribution in [3.05, 3.63) is 12.7 Å². The third-order valence-corrected chi connectivity index (χ3v) is 2.27. The predicted molar refractivity (Wildman–Crippen MR) is 57.6 cm³/mol. The van der Waals surface area contributed by atoms with Crippen molar-refractivity contribution in [3.8, 4) is 0 Å². The zero-order valence-corrected chi connectivity index (χ0v) is 10.1. The normalized spacial score (nSPS) is 13.2. The van der Waals surface area contributed by atoms with Crippen LogP contribution in [0.4, 0.5) is 0 Å². The molecule has 0 aliphatic carbocycles. The average molecular weight is 252 g/mol. The first-order valence-corrected chi connectivity index (χ1v) is 6.41. The summed E-state index contributed by atoms with van der Waals surface area (Å²) in [5.41, 5.74) is 0. The van der Waals surface area contributed by atoms with Crippen molar-refractivity contribution in [1.29, 1.82) is 0 Å². The zero-order valence-electron chi connectivity index (χ0n) is 9.16. The number of esters is 1. The summed E-state index contributed by atoms with van der Waals surface area (Å²) in [6.45, 7) is 5.00. The van der Waals surface area contributed by atoms with Crippen LogP contribution in [0.15, 0.2) is 12.7 Å². The molecule has 0 heterocycles. The zero-order chi connectivity index (χ0) is 12.6. The van der Waals surface area contributed by atoms with Crippen molar-refractivity contribution in [1.82, 2.24) is 0 Å². The van der Waals surface area contributed by atoms with Gasteiger partial charge in [-0.25, -0.2) is 9.36 Å². The number of carbonyl (C=O) groups excluding carboxylic acids is 1. The maximum absolute atomic E-state index is 10.8. The van der Waals surface area contributed by atoms with E-state index in [2.05, 4.69) is 11.1 Å². The molecule has 0 aliphatic heterocycles. The lowest BCUT2D eigenvalue weighted by molar-refractivity contribution is -0.142. The van der Waals surface area contributed by atoms with Crippen molar-refractivity contribution in [2.45, 2.75) is 32.3 Å². The van der Waals surface area contributed by atoms with Gasteiger partial charge in [0.05, 0.1) is 12.7 Å². The Morgan fingerprint density at radius 3 is 2.62 bits per heavy atom. The van der Waals surface area contributed by atoms with Crippen LogP contribution in [0, 0.1) is 0 Å². The molecule has 94 valence electrons. The molecule has 0 amide bonds. The second-order valence-electron chi connectivity index (χ2n) is 3.27. The van der Waals surface area contributed by atoms with Crippen LogP contribution in [0.3, 0.4) is 0 Å². The van der Waals surface area contributed by atoms with Crippen molar-refractivity contribution in [2.75, 3.05) is 6.61 Å². The highest BCUT2D eigenvalue weighted by molar-refractivity contribution is 7.46. The number of hydrogen-bond donors (Lipinski definition) is 2. The lowest BCUT2D eigenvalue weighted by Gasteiger charge is -2.11. The van der Waals surface area contributed by atoms with Crippen molar-refractivity contribution in [3.63, 3.8) is 0 Å². The minimum absolute atomic E-state index is 0.00754. The van der Waals surface area contributed by atoms with Gasteiger partial charge in [0.25, 0.3) is 0 Å². The summed E-state index contributed by atoms with van der Waals surface area (Å²) in [4.78, 5) is 27.5. The molecule has 0 rings (SSSR count). The van der Waals surface area contributed by atoms with Crippen LogP contribution in [0.25, 0.3) is 0 Å². The van der Waals surface area contributed by atoms with E-state index in [1.165, 1.54) is 0 Å². The molecule has 2 N–H and O–H groups in total. The summed E-state index contributed by atoms with van der Waals surface area (Å²) in [6, 6.07) is 0. The summed E-state index contributed by atoms with van der Waals surface area (Å²) in [6.07, 6.45) is 2.63. The average Bonchev–Trinajstić information content (AvgIpc) is 2.15. The van der Waals surface area contributed by atoms with E-state index in [9.17, 15) is 9.36 Å². The molecule has 0 fully saturated rings. The number of carbonyl (C=O) groups is 1. The van der Waals surface area contributed by atoms with Gasteiger partial charge in [0.2, 0.25) is 0 Å². The second-order valence-corrected chi connectivity index (χ2v) is 4.51. The Kier molecular flexibility index (Phi) is 7.25. The van der Waals surface area contributed by atoms with Crippen LogP contribution in [-0.4, -0.2) is 28.5 Å². The van der Waals surface area contributed by atoms with Gasteiger partial charge in [-0.05, 0) is 26.2 Å². The van der Waals surface area contributed by atoms with E-state index >= 15 is 0 Å². The smallest absolute Gasteiger partial charge is 0.460 e. The van der Waals surface area contributed by atoms with Crippen LogP contribution in [0.1, 0.15) is 26.2 Å². The third kappa shape index (κ3) is 9.86. The van der Waals surface area contributed by atoms with Crippen LogP contribution >= 0.6 is 7.82 Å². The van der Waals surface area contributed by atoms with Crippen molar-refractivity contribution < 1.29 is 28.4 Å². The lowest BCUT2D eigenvalue weighted by Crippen LogP contribution is -2.12. The molecule has 1 unspecified atom stereocenters. The number of ether oxygens (including phenoxy) is 1. The molecule has 1 atom stereocenters. The minimum Gasteiger partial charge on any atom is -0.460 e. The van der Waals surface area contributed by atoms with Crippen LogP contribution < -0.4 is 0 Å². The molecule has 16 heavy (non-hydrogen) atoms. The number of phosphoric acid groups is 1. The fraction of sp³-hybridized carbons (Fsp3) is 0.667. The fourth-order valence-corrected chi connectivity index (χ4v) is 1.39. The first-order chi connectivity index (χ1) is 7.35. The van der Waals surface area contributed by atoms with Gasteiger partial charge < -0.3 is 14.5 Å². The van der Waals surface area contributed by atoms with E-state index in [1.807, 2.05) is 0 Å². The molecule has 0 spiro atoms. The van der Waals surface area contributed by atoms with Gasteiger partial charge in [-0.1, -0.05) is 6.58 Å². The quantitative estimate of drug-likeness (QED) is 0.293. The molecule has 0 aromatic rings. The Labute approximate surface area is 94.5 Å². The van der Waals surface area contributed by atoms with Gasteiger partial charge >= 0.3 is 13.8 Å². The van der Waals surface area contributed by atoms with Gasteiger partial charge in [-0.3, -0.25) is 4.52 Å². The number of phosphoric ester groups is 1. The summed E-state index contributed by atoms with van der Waals surface area (Å²) in [5, 5.41) is 0. The molecule has 7 heteroatoms. The molecular formula is C9H17O6P. The molecule has 0 saturated heterocycles. The van der Waals surface area contributed by atoms with Gasteiger partial charge in [-0.2, -0.15) is 0 Å². The first-order valence-electron chi connectivity index (χ1n) is 4.88. The second kappa shape index (κ2) is 7.57. The van der Waals surface area contributed by atoms with E-state index in [0.29, 0.717) is 19.3 Å². The Balaban J connectivity index is 3.48. The maximum Gasteiger partial charge on any atom is 0.469 e. The fourth-order valence-electron chi connectivity index (χ4n) is 1.02. The van der Waals surface area contributed by atoms with E-state index < -0.39 is 13.8 Å². The number of unbranched alkanes of at least 4 members (excludes halogenated alkanes) is 1. The van der Waals surface area contributed by atoms with E-state index in [4.69, 9.17) is 14.5 Å². The largest absolute Gasteiger partial charge is 0.469 e. The van der Waals surface area contributed by atoms with Gasteiger partial charge in [-0.15, -0.1) is 0 Å². The molecule has 0 aromatic heterocycles. The SMILES string of the molecule is C=CC(=O)OC(C)CCCCOP(=O)(O)O. The van der Waals surface area contributed by atoms with E-state index in [-0.39, 0.29) is 12.7 Å². The summed E-state index contributed by atoms with van der Waals surface area (Å²) >= 11 is 0. The van der Waals surface area contributed by atoms with Crippen LogP contribution in [0.2, 0.25) is 0 Å². The number of rotatable bonds is 8. The molecule has 0 saturated carbocycles. The minimum atomic E-state index is -4.36. The summed E-state index contributed by atoms with van der Waals surface area (Å²) in [7, 11) is -4.36.